The van der Waals surface area contributed by atoms with Crippen molar-refractivity contribution in [3.05, 3.63) is 29.8 Å². The fraction of sp³-hybridized carbons (Fsp3) is 0.467. The fourth-order valence-electron chi connectivity index (χ4n) is 1.71. The Labute approximate surface area is 131 Å². The average Bonchev–Trinajstić information content (AvgIpc) is 2.54. The van der Waals surface area contributed by atoms with Gasteiger partial charge in [0, 0.05) is 24.6 Å². The van der Waals surface area contributed by atoms with Crippen LogP contribution in [-0.4, -0.2) is 37.6 Å². The largest absolute Gasteiger partial charge is 0.569 e. The van der Waals surface area contributed by atoms with Crippen LogP contribution in [0.1, 0.15) is 37.0 Å². The van der Waals surface area contributed by atoms with E-state index in [1.807, 2.05) is 13.8 Å². The second-order valence-corrected chi connectivity index (χ2v) is 4.96. The molecule has 7 heteroatoms. The molecule has 0 fully saturated rings. The number of nitrogens with one attached hydrogen (secondary N) is 2. The number of benzene rings is 1. The maximum atomic E-state index is 11.9. The summed E-state index contributed by atoms with van der Waals surface area (Å²) in [5, 5.41) is 14.1. The van der Waals surface area contributed by atoms with Crippen LogP contribution in [0.4, 0.5) is 0 Å². The Morgan fingerprint density at radius 2 is 1.86 bits per heavy atom. The van der Waals surface area contributed by atoms with Gasteiger partial charge < -0.3 is 20.3 Å². The number of rotatable bonds is 9. The van der Waals surface area contributed by atoms with Crippen molar-refractivity contribution in [3.63, 3.8) is 0 Å². The molecule has 1 atom stereocenters. The first-order chi connectivity index (χ1) is 10.6. The lowest BCUT2D eigenvalue weighted by Gasteiger charge is -2.10. The van der Waals surface area contributed by atoms with E-state index < -0.39 is 0 Å². The number of carbonyl (C=O) groups excluding carboxylic acids is 2. The summed E-state index contributed by atoms with van der Waals surface area (Å²) in [5.74, 6) is 0.330. The monoisotopic (exact) mass is 305 g/mol. The van der Waals surface area contributed by atoms with Crippen molar-refractivity contribution in [2.45, 2.75) is 26.7 Å². The number of hydrogen-bond donors (Lipinski definition) is 3. The Bertz CT molecular complexity index is 479. The predicted molar refractivity (Wildman–Crippen MR) is 84.5 cm³/mol. The molecule has 0 aromatic heterocycles. The van der Waals surface area contributed by atoms with E-state index >= 15 is 0 Å². The lowest BCUT2D eigenvalue weighted by atomic mass is 10.1. The van der Waals surface area contributed by atoms with Crippen LogP contribution in [0.3, 0.4) is 0 Å². The summed E-state index contributed by atoms with van der Waals surface area (Å²) < 4.78 is 4.76. The Kier molecular flexibility index (Phi) is 8.06. The van der Waals surface area contributed by atoms with Crippen molar-refractivity contribution in [2.24, 2.45) is 5.92 Å². The highest BCUT2D eigenvalue weighted by atomic mass is 16.5. The molecule has 0 aliphatic heterocycles. The Morgan fingerprint density at radius 1 is 1.23 bits per heavy atom. The summed E-state index contributed by atoms with van der Waals surface area (Å²) in [6, 6.07) is 6.40. The molecule has 2 amide bonds. The molecule has 0 saturated heterocycles. The minimum absolute atomic E-state index is 0.0199. The molecule has 1 aromatic carbocycles. The van der Waals surface area contributed by atoms with Crippen LogP contribution in [0, 0.1) is 5.92 Å². The highest BCUT2D eigenvalue weighted by molar-refractivity contribution is 6.17. The van der Waals surface area contributed by atoms with Crippen LogP contribution in [-0.2, 0) is 4.79 Å². The Balaban J connectivity index is 2.24. The van der Waals surface area contributed by atoms with Crippen molar-refractivity contribution in [1.29, 1.82) is 0 Å². The summed E-state index contributed by atoms with van der Waals surface area (Å²) >= 11 is 0. The molecule has 0 aliphatic rings. The number of amides is 2. The molecule has 0 saturated carbocycles. The minimum atomic E-state index is -0.187. The van der Waals surface area contributed by atoms with Gasteiger partial charge in [0.2, 0.25) is 5.91 Å². The quantitative estimate of drug-likeness (QED) is 0.467. The number of carbonyl (C=O) groups is 2. The topological polar surface area (TPSA) is 87.7 Å². The van der Waals surface area contributed by atoms with E-state index in [9.17, 15) is 9.59 Å². The number of hydrogen-bond acceptors (Lipinski definition) is 4. The summed E-state index contributed by atoms with van der Waals surface area (Å²) in [6.07, 6.45) is 1.49. The van der Waals surface area contributed by atoms with Gasteiger partial charge in [-0.05, 0) is 37.1 Å². The fourth-order valence-corrected chi connectivity index (χ4v) is 1.71. The van der Waals surface area contributed by atoms with Crippen LogP contribution in [0.25, 0.3) is 0 Å². The van der Waals surface area contributed by atoms with Gasteiger partial charge >= 0.3 is 7.69 Å². The first kappa shape index (κ1) is 18.0. The highest BCUT2D eigenvalue weighted by Crippen LogP contribution is 2.11. The molecule has 0 aliphatic carbocycles. The van der Waals surface area contributed by atoms with Gasteiger partial charge in [-0.3, -0.25) is 9.59 Å². The molecular weight excluding hydrogens is 283 g/mol. The van der Waals surface area contributed by atoms with Gasteiger partial charge in [-0.2, -0.15) is 0 Å². The molecule has 0 spiro atoms. The van der Waals surface area contributed by atoms with Crippen molar-refractivity contribution in [2.75, 3.05) is 13.1 Å². The van der Waals surface area contributed by atoms with Crippen molar-refractivity contribution < 1.29 is 19.3 Å². The molecule has 0 heterocycles. The molecule has 1 aromatic rings. The van der Waals surface area contributed by atoms with Gasteiger partial charge in [0.15, 0.2) is 0 Å². The van der Waals surface area contributed by atoms with Crippen LogP contribution < -0.4 is 15.3 Å². The van der Waals surface area contributed by atoms with E-state index in [4.69, 9.17) is 9.68 Å². The van der Waals surface area contributed by atoms with Crippen LogP contribution >= 0.6 is 0 Å². The SMILES string of the molecule is CCC(C)C(=O)NCCCNC(=O)c1ccc(O[B]O)cc1. The average molecular weight is 305 g/mol. The first-order valence-corrected chi connectivity index (χ1v) is 7.37. The van der Waals surface area contributed by atoms with E-state index in [1.165, 1.54) is 0 Å². The first-order valence-electron chi connectivity index (χ1n) is 7.37. The van der Waals surface area contributed by atoms with Crippen LogP contribution in [0.15, 0.2) is 24.3 Å². The molecule has 22 heavy (non-hydrogen) atoms. The molecule has 0 bridgehead atoms. The maximum Gasteiger partial charge on any atom is 0.569 e. The lowest BCUT2D eigenvalue weighted by Crippen LogP contribution is -2.32. The molecule has 3 N–H and O–H groups in total. The highest BCUT2D eigenvalue weighted by Gasteiger charge is 2.09. The van der Waals surface area contributed by atoms with Gasteiger partial charge in [0.1, 0.15) is 5.75 Å². The molecule has 119 valence electrons. The maximum absolute atomic E-state index is 11.9. The smallest absolute Gasteiger partial charge is 0.537 e. The molecule has 1 radical (unpaired) electrons. The van der Waals surface area contributed by atoms with Gasteiger partial charge in [0.05, 0.1) is 0 Å². The second-order valence-electron chi connectivity index (χ2n) is 4.96. The molecule has 1 rings (SSSR count). The van der Waals surface area contributed by atoms with E-state index in [2.05, 4.69) is 10.6 Å². The second kappa shape index (κ2) is 9.84. The van der Waals surface area contributed by atoms with E-state index in [1.54, 1.807) is 24.3 Å². The molecule has 6 nitrogen and oxygen atoms in total. The zero-order chi connectivity index (χ0) is 16.4. The molecule has 1 unspecified atom stereocenters. The third kappa shape index (κ3) is 6.18. The van der Waals surface area contributed by atoms with Crippen LogP contribution in [0.5, 0.6) is 5.75 Å². The van der Waals surface area contributed by atoms with Gasteiger partial charge in [0.25, 0.3) is 5.91 Å². The lowest BCUT2D eigenvalue weighted by molar-refractivity contribution is -0.124. The third-order valence-electron chi connectivity index (χ3n) is 3.30. The minimum Gasteiger partial charge on any atom is -0.537 e. The van der Waals surface area contributed by atoms with E-state index in [0.29, 0.717) is 38.5 Å². The normalized spacial score (nSPS) is 11.4. The van der Waals surface area contributed by atoms with Crippen molar-refractivity contribution >= 4 is 19.5 Å². The third-order valence-corrected chi connectivity index (χ3v) is 3.30. The predicted octanol–water partition coefficient (Wildman–Crippen LogP) is 0.874. The van der Waals surface area contributed by atoms with Crippen LogP contribution in [0.2, 0.25) is 0 Å². The van der Waals surface area contributed by atoms with Gasteiger partial charge in [-0.1, -0.05) is 13.8 Å². The zero-order valence-corrected chi connectivity index (χ0v) is 13.0. The summed E-state index contributed by atoms with van der Waals surface area (Å²) in [5.41, 5.74) is 0.508. The van der Waals surface area contributed by atoms with E-state index in [-0.39, 0.29) is 17.7 Å². The molecular formula is C15H22BN2O4. The summed E-state index contributed by atoms with van der Waals surface area (Å²) in [6.45, 7) is 4.89. The standard InChI is InChI=1S/C15H22BN2O4/c1-3-11(2)14(19)17-9-4-10-18-15(20)12-5-7-13(8-6-12)22-16-21/h5-8,11,21H,3-4,9-10H2,1-2H3,(H,17,19)(H,18,20). The zero-order valence-electron chi connectivity index (χ0n) is 13.0. The summed E-state index contributed by atoms with van der Waals surface area (Å²) in [7, 11) is 0.586. The Hall–Kier alpha value is -2.02. The van der Waals surface area contributed by atoms with Crippen molar-refractivity contribution in [1.82, 2.24) is 10.6 Å². The van der Waals surface area contributed by atoms with Crippen molar-refractivity contribution in [3.8, 4) is 5.75 Å². The van der Waals surface area contributed by atoms with E-state index in [0.717, 1.165) is 6.42 Å². The van der Waals surface area contributed by atoms with Gasteiger partial charge in [-0.25, -0.2) is 0 Å². The van der Waals surface area contributed by atoms with Gasteiger partial charge in [-0.15, -0.1) is 0 Å². The summed E-state index contributed by atoms with van der Waals surface area (Å²) in [4.78, 5) is 23.4. The Morgan fingerprint density at radius 3 is 2.45 bits per heavy atom.